The molecule has 1 unspecified atom stereocenters. The first-order valence-electron chi connectivity index (χ1n) is 7.81. The Labute approximate surface area is 170 Å². The summed E-state index contributed by atoms with van der Waals surface area (Å²) < 4.78 is 1.05. The number of carbonyl (C=O) groups is 1. The van der Waals surface area contributed by atoms with E-state index in [1.807, 2.05) is 39.0 Å². The van der Waals surface area contributed by atoms with Crippen LogP contribution in [0.15, 0.2) is 33.7 Å². The van der Waals surface area contributed by atoms with Crippen molar-refractivity contribution in [1.82, 2.24) is 16.0 Å². The number of nitrogens with zero attached hydrogens (tertiary/aromatic N) is 1. The number of hydrogen-bond acceptors (Lipinski definition) is 2. The third-order valence-electron chi connectivity index (χ3n) is 3.60. The molecule has 1 rings (SSSR count). The van der Waals surface area contributed by atoms with Crippen molar-refractivity contribution in [3.8, 4) is 0 Å². The lowest BCUT2D eigenvalue weighted by Crippen LogP contribution is -2.48. The molecule has 0 spiro atoms. The van der Waals surface area contributed by atoms with E-state index in [1.54, 1.807) is 7.05 Å². The third-order valence-corrected chi connectivity index (χ3v) is 4.32. The molecule has 0 bridgehead atoms. The highest BCUT2D eigenvalue weighted by Gasteiger charge is 2.27. The molecule has 0 saturated carbocycles. The van der Waals surface area contributed by atoms with Gasteiger partial charge in [0, 0.05) is 24.6 Å². The highest BCUT2D eigenvalue weighted by Crippen LogP contribution is 2.22. The van der Waals surface area contributed by atoms with Crippen LogP contribution in [-0.2, 0) is 4.79 Å². The third kappa shape index (κ3) is 6.96. The van der Waals surface area contributed by atoms with Crippen LogP contribution in [0.2, 0.25) is 0 Å². The second-order valence-corrected chi connectivity index (χ2v) is 6.91. The van der Waals surface area contributed by atoms with E-state index in [0.29, 0.717) is 19.0 Å². The van der Waals surface area contributed by atoms with Gasteiger partial charge in [0.05, 0.1) is 11.5 Å². The first kappa shape index (κ1) is 23.2. The van der Waals surface area contributed by atoms with Crippen LogP contribution in [0.4, 0.5) is 0 Å². The maximum absolute atomic E-state index is 12.0. The summed E-state index contributed by atoms with van der Waals surface area (Å²) >= 11 is 3.56. The van der Waals surface area contributed by atoms with Gasteiger partial charge in [-0.05, 0) is 39.3 Å². The van der Waals surface area contributed by atoms with E-state index < -0.39 is 5.41 Å². The number of halogens is 2. The smallest absolute Gasteiger partial charge is 0.227 e. The zero-order valence-electron chi connectivity index (χ0n) is 14.9. The van der Waals surface area contributed by atoms with Gasteiger partial charge < -0.3 is 16.0 Å². The molecule has 0 aliphatic rings. The predicted molar refractivity (Wildman–Crippen MR) is 115 cm³/mol. The van der Waals surface area contributed by atoms with Crippen molar-refractivity contribution in [3.05, 3.63) is 34.3 Å². The Balaban J connectivity index is 0.00000529. The first-order chi connectivity index (χ1) is 10.8. The largest absolute Gasteiger partial charge is 0.356 e. The van der Waals surface area contributed by atoms with Crippen molar-refractivity contribution in [2.75, 3.05) is 20.1 Å². The predicted octanol–water partition coefficient (Wildman–Crippen LogP) is 3.46. The van der Waals surface area contributed by atoms with Crippen LogP contribution in [0.3, 0.4) is 0 Å². The number of hydrogen-bond donors (Lipinski definition) is 3. The van der Waals surface area contributed by atoms with E-state index in [1.165, 1.54) is 0 Å². The summed E-state index contributed by atoms with van der Waals surface area (Å²) in [6.07, 6.45) is 0. The Morgan fingerprint density at radius 3 is 2.46 bits per heavy atom. The average molecular weight is 511 g/mol. The lowest BCUT2D eigenvalue weighted by atomic mass is 9.92. The number of nitrogens with one attached hydrogen (secondary N) is 3. The fourth-order valence-corrected chi connectivity index (χ4v) is 2.72. The van der Waals surface area contributed by atoms with Crippen LogP contribution in [-0.4, -0.2) is 32.0 Å². The lowest BCUT2D eigenvalue weighted by Gasteiger charge is -2.26. The second kappa shape index (κ2) is 10.9. The summed E-state index contributed by atoms with van der Waals surface area (Å²) in [6.45, 7) is 8.95. The molecule has 136 valence electrons. The second-order valence-electron chi connectivity index (χ2n) is 6.06. The van der Waals surface area contributed by atoms with E-state index in [0.717, 1.165) is 10.0 Å². The number of rotatable bonds is 6. The summed E-state index contributed by atoms with van der Waals surface area (Å²) in [4.78, 5) is 16.3. The molecule has 5 nitrogen and oxygen atoms in total. The summed E-state index contributed by atoms with van der Waals surface area (Å²) in [5.74, 6) is 0.701. The molecule has 0 radical (unpaired) electrons. The minimum atomic E-state index is -0.510. The van der Waals surface area contributed by atoms with Crippen molar-refractivity contribution in [3.63, 3.8) is 0 Å². The van der Waals surface area contributed by atoms with Gasteiger partial charge in [-0.2, -0.15) is 0 Å². The number of amides is 1. The van der Waals surface area contributed by atoms with Gasteiger partial charge in [-0.3, -0.25) is 9.79 Å². The van der Waals surface area contributed by atoms with Gasteiger partial charge in [-0.25, -0.2) is 0 Å². The van der Waals surface area contributed by atoms with Gasteiger partial charge >= 0.3 is 0 Å². The summed E-state index contributed by atoms with van der Waals surface area (Å²) in [5, 5.41) is 9.43. The Kier molecular flexibility index (Phi) is 10.5. The van der Waals surface area contributed by atoms with Gasteiger partial charge in [0.2, 0.25) is 5.91 Å². The fraction of sp³-hybridized carbons (Fsp3) is 0.529. The van der Waals surface area contributed by atoms with E-state index in [2.05, 4.69) is 49.9 Å². The highest BCUT2D eigenvalue weighted by molar-refractivity contribution is 14.0. The van der Waals surface area contributed by atoms with Crippen LogP contribution in [0.25, 0.3) is 0 Å². The van der Waals surface area contributed by atoms with Crippen LogP contribution in [0, 0.1) is 5.41 Å². The Hall–Kier alpha value is -0.830. The summed E-state index contributed by atoms with van der Waals surface area (Å²) in [6, 6.07) is 8.16. The molecule has 1 atom stereocenters. The number of carbonyl (C=O) groups excluding carboxylic acids is 1. The average Bonchev–Trinajstić information content (AvgIpc) is 2.51. The Bertz CT molecular complexity index is 563. The van der Waals surface area contributed by atoms with E-state index in [4.69, 9.17) is 0 Å². The topological polar surface area (TPSA) is 65.5 Å². The van der Waals surface area contributed by atoms with Gasteiger partial charge in [0.15, 0.2) is 5.96 Å². The maximum atomic E-state index is 12.0. The van der Waals surface area contributed by atoms with Crippen molar-refractivity contribution in [1.29, 1.82) is 0 Å². The molecule has 0 aliphatic heterocycles. The quantitative estimate of drug-likeness (QED) is 0.312. The van der Waals surface area contributed by atoms with Crippen LogP contribution >= 0.6 is 39.9 Å². The number of benzene rings is 1. The van der Waals surface area contributed by atoms with Gasteiger partial charge in [0.1, 0.15) is 0 Å². The lowest BCUT2D eigenvalue weighted by molar-refractivity contribution is -0.128. The van der Waals surface area contributed by atoms with Crippen LogP contribution in [0.1, 0.15) is 39.3 Å². The molecule has 3 N–H and O–H groups in total. The zero-order chi connectivity index (χ0) is 17.5. The number of guanidine groups is 1. The SMILES string of the molecule is CCNC(=O)C(C)(C)CNC(=NC)NC(C)c1ccccc1Br.I. The Morgan fingerprint density at radius 1 is 1.29 bits per heavy atom. The molecular formula is C17H28BrIN4O. The van der Waals surface area contributed by atoms with Crippen molar-refractivity contribution < 1.29 is 4.79 Å². The fourth-order valence-electron chi connectivity index (χ4n) is 2.09. The molecule has 1 aromatic rings. The molecule has 0 aliphatic carbocycles. The molecule has 0 aromatic heterocycles. The molecule has 7 heteroatoms. The monoisotopic (exact) mass is 510 g/mol. The van der Waals surface area contributed by atoms with Crippen molar-refractivity contribution >= 4 is 51.8 Å². The number of aliphatic imine (C=N–C) groups is 1. The molecule has 0 heterocycles. The minimum Gasteiger partial charge on any atom is -0.356 e. The Morgan fingerprint density at radius 2 is 1.92 bits per heavy atom. The first-order valence-corrected chi connectivity index (χ1v) is 8.61. The van der Waals surface area contributed by atoms with Crippen molar-refractivity contribution in [2.45, 2.75) is 33.7 Å². The van der Waals surface area contributed by atoms with E-state index in [9.17, 15) is 4.79 Å². The van der Waals surface area contributed by atoms with E-state index in [-0.39, 0.29) is 35.9 Å². The standard InChI is InChI=1S/C17H27BrN4O.HI/c1-6-20-15(23)17(3,4)11-21-16(19-5)22-12(2)13-9-7-8-10-14(13)18;/h7-10,12H,6,11H2,1-5H3,(H,20,23)(H2,19,21,22);1H. The van der Waals surface area contributed by atoms with Gasteiger partial charge in [-0.15, -0.1) is 24.0 Å². The normalized spacial score (nSPS) is 12.8. The molecular weight excluding hydrogens is 483 g/mol. The molecule has 0 saturated heterocycles. The molecule has 24 heavy (non-hydrogen) atoms. The zero-order valence-corrected chi connectivity index (χ0v) is 18.9. The minimum absolute atomic E-state index is 0. The van der Waals surface area contributed by atoms with E-state index >= 15 is 0 Å². The van der Waals surface area contributed by atoms with Crippen molar-refractivity contribution in [2.24, 2.45) is 10.4 Å². The highest BCUT2D eigenvalue weighted by atomic mass is 127. The van der Waals surface area contributed by atoms with Gasteiger partial charge in [0.25, 0.3) is 0 Å². The summed E-state index contributed by atoms with van der Waals surface area (Å²) in [7, 11) is 1.72. The van der Waals surface area contributed by atoms with Crippen LogP contribution < -0.4 is 16.0 Å². The van der Waals surface area contributed by atoms with Gasteiger partial charge in [-0.1, -0.05) is 34.1 Å². The van der Waals surface area contributed by atoms with Crippen LogP contribution in [0.5, 0.6) is 0 Å². The summed E-state index contributed by atoms with van der Waals surface area (Å²) in [5.41, 5.74) is 0.642. The maximum Gasteiger partial charge on any atom is 0.227 e. The molecule has 1 aromatic carbocycles. The molecule has 0 fully saturated rings. The molecule has 1 amide bonds.